The van der Waals surface area contributed by atoms with Gasteiger partial charge in [-0.2, -0.15) is 11.8 Å². The lowest BCUT2D eigenvalue weighted by molar-refractivity contribution is 0.0345. The van der Waals surface area contributed by atoms with Gasteiger partial charge in [-0.1, -0.05) is 6.92 Å². The first-order valence-corrected chi connectivity index (χ1v) is 8.92. The summed E-state index contributed by atoms with van der Waals surface area (Å²) in [7, 11) is 2.12. The highest BCUT2D eigenvalue weighted by atomic mass is 32.2. The van der Waals surface area contributed by atoms with Gasteiger partial charge in [-0.15, -0.1) is 0 Å². The Labute approximate surface area is 117 Å². The van der Waals surface area contributed by atoms with Crippen LogP contribution in [-0.4, -0.2) is 48.1 Å². The maximum atomic E-state index is 3.49. The Hall–Kier alpha value is 0.270. The molecule has 3 atom stereocenters. The minimum absolute atomic E-state index is 0.721. The number of piperidine rings is 1. The first-order chi connectivity index (χ1) is 8.67. The summed E-state index contributed by atoms with van der Waals surface area (Å²) < 4.78 is 0. The summed E-state index contributed by atoms with van der Waals surface area (Å²) in [6.07, 6.45) is 9.30. The number of nitrogens with one attached hydrogen (secondary N) is 1. The molecule has 0 spiro atoms. The Bertz CT molecular complexity index is 251. The fraction of sp³-hybridized carbons (Fsp3) is 1.00. The van der Waals surface area contributed by atoms with Crippen LogP contribution in [0.25, 0.3) is 0 Å². The van der Waals surface area contributed by atoms with E-state index in [0.717, 1.165) is 29.3 Å². The number of likely N-dealkylation sites (tertiary alicyclic amines) is 1. The molecule has 2 rings (SSSR count). The second-order valence-electron chi connectivity index (χ2n) is 6.19. The molecule has 1 saturated heterocycles. The predicted molar refractivity (Wildman–Crippen MR) is 82.4 cm³/mol. The molecule has 2 nitrogen and oxygen atoms in total. The van der Waals surface area contributed by atoms with Gasteiger partial charge in [-0.3, -0.25) is 4.90 Å². The van der Waals surface area contributed by atoms with Crippen LogP contribution in [-0.2, 0) is 0 Å². The van der Waals surface area contributed by atoms with Crippen LogP contribution in [0.4, 0.5) is 0 Å². The van der Waals surface area contributed by atoms with Crippen LogP contribution < -0.4 is 5.32 Å². The first kappa shape index (κ1) is 14.7. The van der Waals surface area contributed by atoms with E-state index in [1.165, 1.54) is 38.6 Å². The fourth-order valence-corrected chi connectivity index (χ4v) is 4.67. The highest BCUT2D eigenvalue weighted by Gasteiger charge is 2.36. The standard InChI is InChI=1S/C15H30N2S/c1-11-12(2)17(10-9-15(11)16-3)13-5-7-14(18-4)8-6-13/h11-16H,5-10H2,1-4H3. The Kier molecular flexibility index (Phi) is 5.40. The lowest BCUT2D eigenvalue weighted by Gasteiger charge is -2.48. The van der Waals surface area contributed by atoms with Crippen molar-refractivity contribution in [1.29, 1.82) is 0 Å². The van der Waals surface area contributed by atoms with Gasteiger partial charge in [0, 0.05) is 29.9 Å². The molecule has 3 unspecified atom stereocenters. The van der Waals surface area contributed by atoms with Crippen LogP contribution in [0.2, 0.25) is 0 Å². The van der Waals surface area contributed by atoms with Crippen LogP contribution in [0.5, 0.6) is 0 Å². The van der Waals surface area contributed by atoms with Crippen LogP contribution in [0.1, 0.15) is 46.0 Å². The molecule has 106 valence electrons. The summed E-state index contributed by atoms with van der Waals surface area (Å²) in [5.74, 6) is 0.780. The summed E-state index contributed by atoms with van der Waals surface area (Å²) in [5.41, 5.74) is 0. The van der Waals surface area contributed by atoms with E-state index in [4.69, 9.17) is 0 Å². The van der Waals surface area contributed by atoms with Crippen molar-refractivity contribution in [2.75, 3.05) is 19.8 Å². The van der Waals surface area contributed by atoms with Crippen molar-refractivity contribution in [2.24, 2.45) is 5.92 Å². The van der Waals surface area contributed by atoms with Gasteiger partial charge < -0.3 is 5.32 Å². The molecule has 1 N–H and O–H groups in total. The predicted octanol–water partition coefficient (Wildman–Crippen LogP) is 2.98. The molecule has 1 heterocycles. The van der Waals surface area contributed by atoms with Crippen LogP contribution in [0, 0.1) is 5.92 Å². The summed E-state index contributed by atoms with van der Waals surface area (Å²) >= 11 is 2.07. The van der Waals surface area contributed by atoms with Crippen LogP contribution in [0.15, 0.2) is 0 Å². The fourth-order valence-electron chi connectivity index (χ4n) is 3.93. The van der Waals surface area contributed by atoms with Gasteiger partial charge >= 0.3 is 0 Å². The van der Waals surface area contributed by atoms with E-state index in [9.17, 15) is 0 Å². The van der Waals surface area contributed by atoms with Crippen molar-refractivity contribution in [3.05, 3.63) is 0 Å². The molecule has 0 aromatic heterocycles. The second-order valence-corrected chi connectivity index (χ2v) is 7.33. The maximum absolute atomic E-state index is 3.49. The Morgan fingerprint density at radius 2 is 1.72 bits per heavy atom. The molecule has 0 aromatic carbocycles. The molecular formula is C15H30N2S. The van der Waals surface area contributed by atoms with E-state index in [-0.39, 0.29) is 0 Å². The number of thioether (sulfide) groups is 1. The van der Waals surface area contributed by atoms with Gasteiger partial charge in [0.05, 0.1) is 0 Å². The van der Waals surface area contributed by atoms with Gasteiger partial charge in [0.2, 0.25) is 0 Å². The van der Waals surface area contributed by atoms with Crippen molar-refractivity contribution in [2.45, 2.75) is 69.3 Å². The Morgan fingerprint density at radius 1 is 1.06 bits per heavy atom. The third kappa shape index (κ3) is 3.05. The van der Waals surface area contributed by atoms with E-state index < -0.39 is 0 Å². The third-order valence-electron chi connectivity index (χ3n) is 5.43. The van der Waals surface area contributed by atoms with Gasteiger partial charge in [0.15, 0.2) is 0 Å². The average Bonchev–Trinajstić information content (AvgIpc) is 2.42. The van der Waals surface area contributed by atoms with Crippen LogP contribution >= 0.6 is 11.8 Å². The molecule has 0 aromatic rings. The molecule has 0 radical (unpaired) electrons. The van der Waals surface area contributed by atoms with Crippen molar-refractivity contribution >= 4 is 11.8 Å². The minimum Gasteiger partial charge on any atom is -0.317 e. The van der Waals surface area contributed by atoms with Gasteiger partial charge in [0.1, 0.15) is 0 Å². The highest BCUT2D eigenvalue weighted by molar-refractivity contribution is 7.99. The average molecular weight is 270 g/mol. The lowest BCUT2D eigenvalue weighted by atomic mass is 9.83. The van der Waals surface area contributed by atoms with Crippen molar-refractivity contribution in [3.63, 3.8) is 0 Å². The number of nitrogens with zero attached hydrogens (tertiary/aromatic N) is 1. The molecule has 1 saturated carbocycles. The van der Waals surface area contributed by atoms with E-state index in [2.05, 4.69) is 49.1 Å². The van der Waals surface area contributed by atoms with Gasteiger partial charge in [-0.25, -0.2) is 0 Å². The topological polar surface area (TPSA) is 15.3 Å². The quantitative estimate of drug-likeness (QED) is 0.849. The summed E-state index contributed by atoms with van der Waals surface area (Å²) in [4.78, 5) is 2.81. The van der Waals surface area contributed by atoms with E-state index in [1.807, 2.05) is 0 Å². The van der Waals surface area contributed by atoms with E-state index in [0.29, 0.717) is 0 Å². The summed E-state index contributed by atoms with van der Waals surface area (Å²) in [5, 5.41) is 4.43. The Morgan fingerprint density at radius 3 is 2.28 bits per heavy atom. The van der Waals surface area contributed by atoms with E-state index in [1.54, 1.807) is 0 Å². The zero-order valence-electron chi connectivity index (χ0n) is 12.5. The zero-order valence-corrected chi connectivity index (χ0v) is 13.3. The van der Waals surface area contributed by atoms with Gasteiger partial charge in [0.25, 0.3) is 0 Å². The van der Waals surface area contributed by atoms with Crippen LogP contribution in [0.3, 0.4) is 0 Å². The molecule has 1 aliphatic heterocycles. The van der Waals surface area contributed by atoms with Gasteiger partial charge in [-0.05, 0) is 58.2 Å². The molecule has 2 fully saturated rings. The minimum atomic E-state index is 0.721. The molecule has 0 amide bonds. The summed E-state index contributed by atoms with van der Waals surface area (Å²) in [6, 6.07) is 2.33. The normalized spacial score (nSPS) is 43.0. The second kappa shape index (κ2) is 6.62. The maximum Gasteiger partial charge on any atom is 0.0117 e. The third-order valence-corrected chi connectivity index (χ3v) is 6.57. The number of rotatable bonds is 3. The SMILES string of the molecule is CNC1CCN(C2CCC(SC)CC2)C(C)C1C. The smallest absolute Gasteiger partial charge is 0.0117 e. The lowest BCUT2D eigenvalue weighted by Crippen LogP contribution is -2.56. The monoisotopic (exact) mass is 270 g/mol. The molecule has 2 aliphatic rings. The molecule has 1 aliphatic carbocycles. The molecule has 0 bridgehead atoms. The van der Waals surface area contributed by atoms with Crippen molar-refractivity contribution in [1.82, 2.24) is 10.2 Å². The highest BCUT2D eigenvalue weighted by Crippen LogP contribution is 2.34. The Balaban J connectivity index is 1.90. The number of hydrogen-bond donors (Lipinski definition) is 1. The largest absolute Gasteiger partial charge is 0.317 e. The van der Waals surface area contributed by atoms with E-state index >= 15 is 0 Å². The molecule has 3 heteroatoms. The van der Waals surface area contributed by atoms with Crippen molar-refractivity contribution in [3.8, 4) is 0 Å². The van der Waals surface area contributed by atoms with Crippen molar-refractivity contribution < 1.29 is 0 Å². The number of hydrogen-bond acceptors (Lipinski definition) is 3. The zero-order chi connectivity index (χ0) is 13.1. The molecular weight excluding hydrogens is 240 g/mol. The summed E-state index contributed by atoms with van der Waals surface area (Å²) in [6.45, 7) is 6.16. The first-order valence-electron chi connectivity index (χ1n) is 7.63. The molecule has 18 heavy (non-hydrogen) atoms.